The zero-order chi connectivity index (χ0) is 19.3. The lowest BCUT2D eigenvalue weighted by atomic mass is 10.0. The second kappa shape index (κ2) is 9.10. The molecule has 0 saturated heterocycles. The fraction of sp³-hybridized carbons (Fsp3) is 0.600. The number of fused-ring (bicyclic) bond motifs is 1. The lowest BCUT2D eigenvalue weighted by Crippen LogP contribution is -2.14. The number of H-pyrrole nitrogens is 1. The van der Waals surface area contributed by atoms with Gasteiger partial charge in [-0.3, -0.25) is 9.89 Å². The minimum absolute atomic E-state index is 0.111. The number of aromatic nitrogens is 3. The Hall–Kier alpha value is -1.85. The molecule has 6 nitrogen and oxygen atoms in total. The SMILES string of the molecule is N#Cc1c(NC(=O)CSc2n[nH]c(CC3CCCC3)n2)sc2c1CCCCC2. The van der Waals surface area contributed by atoms with E-state index in [1.165, 1.54) is 48.7 Å². The van der Waals surface area contributed by atoms with Gasteiger partial charge in [-0.15, -0.1) is 16.4 Å². The summed E-state index contributed by atoms with van der Waals surface area (Å²) in [5.74, 6) is 1.77. The Balaban J connectivity index is 1.32. The molecule has 28 heavy (non-hydrogen) atoms. The summed E-state index contributed by atoms with van der Waals surface area (Å²) in [6.07, 6.45) is 11.6. The van der Waals surface area contributed by atoms with E-state index < -0.39 is 0 Å². The first-order valence-corrected chi connectivity index (χ1v) is 11.9. The molecular formula is C20H25N5OS2. The Labute approximate surface area is 173 Å². The minimum Gasteiger partial charge on any atom is -0.316 e. The Morgan fingerprint density at radius 2 is 2.07 bits per heavy atom. The van der Waals surface area contributed by atoms with Crippen molar-refractivity contribution in [2.24, 2.45) is 5.92 Å². The van der Waals surface area contributed by atoms with Gasteiger partial charge in [-0.2, -0.15) is 5.26 Å². The highest BCUT2D eigenvalue weighted by Crippen LogP contribution is 2.37. The van der Waals surface area contributed by atoms with E-state index in [2.05, 4.69) is 26.6 Å². The van der Waals surface area contributed by atoms with Crippen molar-refractivity contribution in [2.45, 2.75) is 69.4 Å². The quantitative estimate of drug-likeness (QED) is 0.536. The van der Waals surface area contributed by atoms with Crippen LogP contribution in [-0.2, 0) is 24.1 Å². The number of aromatic amines is 1. The predicted octanol–water partition coefficient (Wildman–Crippen LogP) is 4.47. The second-order valence-electron chi connectivity index (χ2n) is 7.64. The van der Waals surface area contributed by atoms with Crippen molar-refractivity contribution in [3.05, 3.63) is 21.8 Å². The fourth-order valence-corrected chi connectivity index (χ4v) is 6.04. The molecule has 8 heteroatoms. The first-order valence-electron chi connectivity index (χ1n) is 10.1. The molecule has 0 aliphatic heterocycles. The van der Waals surface area contributed by atoms with Crippen LogP contribution in [0, 0.1) is 17.2 Å². The zero-order valence-electron chi connectivity index (χ0n) is 15.9. The maximum Gasteiger partial charge on any atom is 0.235 e. The van der Waals surface area contributed by atoms with E-state index in [1.54, 1.807) is 11.3 Å². The van der Waals surface area contributed by atoms with Crippen molar-refractivity contribution in [2.75, 3.05) is 11.1 Å². The molecule has 2 aromatic rings. The van der Waals surface area contributed by atoms with Gasteiger partial charge < -0.3 is 5.32 Å². The first-order chi connectivity index (χ1) is 13.7. The molecule has 0 spiro atoms. The average Bonchev–Trinajstić information content (AvgIpc) is 3.39. The molecule has 2 aromatic heterocycles. The molecule has 2 aliphatic carbocycles. The third kappa shape index (κ3) is 4.58. The Morgan fingerprint density at radius 1 is 1.25 bits per heavy atom. The van der Waals surface area contributed by atoms with Crippen molar-refractivity contribution in [3.63, 3.8) is 0 Å². The first kappa shape index (κ1) is 19.5. The average molecular weight is 416 g/mol. The van der Waals surface area contributed by atoms with Gasteiger partial charge in [-0.1, -0.05) is 43.9 Å². The smallest absolute Gasteiger partial charge is 0.235 e. The van der Waals surface area contributed by atoms with Crippen molar-refractivity contribution in [1.29, 1.82) is 5.26 Å². The number of carbonyl (C=O) groups excluding carboxylic acids is 1. The lowest BCUT2D eigenvalue weighted by Gasteiger charge is -2.04. The van der Waals surface area contributed by atoms with Crippen LogP contribution < -0.4 is 5.32 Å². The zero-order valence-corrected chi connectivity index (χ0v) is 17.6. The number of thioether (sulfide) groups is 1. The maximum atomic E-state index is 12.4. The number of rotatable bonds is 6. The summed E-state index contributed by atoms with van der Waals surface area (Å²) in [6.45, 7) is 0. The van der Waals surface area contributed by atoms with E-state index in [0.29, 0.717) is 21.6 Å². The van der Waals surface area contributed by atoms with E-state index in [-0.39, 0.29) is 11.7 Å². The van der Waals surface area contributed by atoms with Crippen LogP contribution in [0.2, 0.25) is 0 Å². The molecule has 2 aliphatic rings. The number of carbonyl (C=O) groups is 1. The molecule has 1 saturated carbocycles. The van der Waals surface area contributed by atoms with Crippen LogP contribution in [-0.4, -0.2) is 26.8 Å². The van der Waals surface area contributed by atoms with E-state index in [4.69, 9.17) is 0 Å². The van der Waals surface area contributed by atoms with Crippen LogP contribution in [0.4, 0.5) is 5.00 Å². The van der Waals surface area contributed by atoms with E-state index >= 15 is 0 Å². The van der Waals surface area contributed by atoms with Crippen molar-refractivity contribution < 1.29 is 4.79 Å². The van der Waals surface area contributed by atoms with E-state index in [9.17, 15) is 10.1 Å². The minimum atomic E-state index is -0.111. The molecule has 0 atom stereocenters. The Morgan fingerprint density at radius 3 is 2.89 bits per heavy atom. The maximum absolute atomic E-state index is 12.4. The van der Waals surface area contributed by atoms with Gasteiger partial charge in [0.1, 0.15) is 16.9 Å². The van der Waals surface area contributed by atoms with Gasteiger partial charge in [0, 0.05) is 11.3 Å². The molecule has 2 heterocycles. The van der Waals surface area contributed by atoms with Gasteiger partial charge >= 0.3 is 0 Å². The predicted molar refractivity (Wildman–Crippen MR) is 112 cm³/mol. The summed E-state index contributed by atoms with van der Waals surface area (Å²) >= 11 is 2.90. The van der Waals surface area contributed by atoms with Crippen LogP contribution in [0.1, 0.15) is 66.8 Å². The van der Waals surface area contributed by atoms with Crippen LogP contribution in [0.25, 0.3) is 0 Å². The number of hydrogen-bond acceptors (Lipinski definition) is 6. The molecule has 4 rings (SSSR count). The van der Waals surface area contributed by atoms with Crippen LogP contribution in [0.3, 0.4) is 0 Å². The van der Waals surface area contributed by atoms with Crippen LogP contribution in [0.15, 0.2) is 5.16 Å². The normalized spacial score (nSPS) is 17.1. The molecule has 148 valence electrons. The number of nitriles is 1. The molecule has 0 unspecified atom stereocenters. The third-order valence-electron chi connectivity index (χ3n) is 5.59. The van der Waals surface area contributed by atoms with Crippen molar-refractivity contribution >= 4 is 34.0 Å². The lowest BCUT2D eigenvalue weighted by molar-refractivity contribution is -0.113. The highest BCUT2D eigenvalue weighted by molar-refractivity contribution is 7.99. The molecule has 1 fully saturated rings. The summed E-state index contributed by atoms with van der Waals surface area (Å²) in [5, 5.41) is 21.1. The number of nitrogens with one attached hydrogen (secondary N) is 2. The molecule has 0 bridgehead atoms. The molecule has 0 aromatic carbocycles. The third-order valence-corrected chi connectivity index (χ3v) is 7.64. The number of nitrogens with zero attached hydrogens (tertiary/aromatic N) is 3. The highest BCUT2D eigenvalue weighted by atomic mass is 32.2. The standard InChI is InChI=1S/C20H25N5OS2/c21-11-15-14-8-2-1-3-9-16(14)28-19(15)23-18(26)12-27-20-22-17(24-25-20)10-13-6-4-5-7-13/h13H,1-10,12H2,(H,23,26)(H,22,24,25). The van der Waals surface area contributed by atoms with Gasteiger partial charge in [0.05, 0.1) is 11.3 Å². The van der Waals surface area contributed by atoms with Gasteiger partial charge in [0.25, 0.3) is 0 Å². The number of anilines is 1. The fourth-order valence-electron chi connectivity index (χ4n) is 4.16. The van der Waals surface area contributed by atoms with Crippen molar-refractivity contribution in [3.8, 4) is 6.07 Å². The number of amides is 1. The Kier molecular flexibility index (Phi) is 6.33. The van der Waals surface area contributed by atoms with Gasteiger partial charge in [-0.25, -0.2) is 4.98 Å². The van der Waals surface area contributed by atoms with Crippen LogP contribution in [0.5, 0.6) is 0 Å². The summed E-state index contributed by atoms with van der Waals surface area (Å²) in [7, 11) is 0. The molecular weight excluding hydrogens is 390 g/mol. The summed E-state index contributed by atoms with van der Waals surface area (Å²) < 4.78 is 0. The number of aryl methyl sites for hydroxylation is 1. The molecule has 1 amide bonds. The summed E-state index contributed by atoms with van der Waals surface area (Å²) in [5.41, 5.74) is 1.82. The van der Waals surface area contributed by atoms with Gasteiger partial charge in [-0.05, 0) is 37.2 Å². The topological polar surface area (TPSA) is 94.5 Å². The van der Waals surface area contributed by atoms with Gasteiger partial charge in [0.15, 0.2) is 0 Å². The van der Waals surface area contributed by atoms with Gasteiger partial charge in [0.2, 0.25) is 11.1 Å². The monoisotopic (exact) mass is 415 g/mol. The molecule has 2 N–H and O–H groups in total. The summed E-state index contributed by atoms with van der Waals surface area (Å²) in [6, 6.07) is 2.31. The number of hydrogen-bond donors (Lipinski definition) is 2. The molecule has 0 radical (unpaired) electrons. The highest BCUT2D eigenvalue weighted by Gasteiger charge is 2.21. The van der Waals surface area contributed by atoms with Crippen molar-refractivity contribution in [1.82, 2.24) is 15.2 Å². The largest absolute Gasteiger partial charge is 0.316 e. The van der Waals surface area contributed by atoms with E-state index in [0.717, 1.165) is 43.5 Å². The Bertz CT molecular complexity index is 876. The summed E-state index contributed by atoms with van der Waals surface area (Å²) in [4.78, 5) is 18.2. The van der Waals surface area contributed by atoms with Crippen LogP contribution >= 0.6 is 23.1 Å². The number of thiophene rings is 1. The second-order valence-corrected chi connectivity index (χ2v) is 9.68. The van der Waals surface area contributed by atoms with E-state index in [1.807, 2.05) is 0 Å².